The van der Waals surface area contributed by atoms with Crippen LogP contribution in [0.25, 0.3) is 0 Å². The van der Waals surface area contributed by atoms with Gasteiger partial charge in [0, 0.05) is 0 Å². The van der Waals surface area contributed by atoms with Crippen molar-refractivity contribution in [2.45, 2.75) is 32.9 Å². The monoisotopic (exact) mass is 382 g/mol. The molecule has 0 saturated carbocycles. The first-order chi connectivity index (χ1) is 13.5. The highest BCUT2D eigenvalue weighted by Crippen LogP contribution is 2.05. The van der Waals surface area contributed by atoms with E-state index in [1.807, 2.05) is 74.5 Å². The number of carbonyl (C=O) groups is 3. The van der Waals surface area contributed by atoms with Gasteiger partial charge in [0.1, 0.15) is 19.2 Å². The van der Waals surface area contributed by atoms with Crippen molar-refractivity contribution in [3.63, 3.8) is 0 Å². The molecule has 2 rings (SSSR count). The van der Waals surface area contributed by atoms with Crippen molar-refractivity contribution in [1.29, 1.82) is 0 Å². The molecule has 1 atom stereocenters. The van der Waals surface area contributed by atoms with Crippen LogP contribution in [0.2, 0.25) is 0 Å². The average molecular weight is 382 g/mol. The molecule has 0 heterocycles. The topological polar surface area (TPSA) is 84.5 Å². The summed E-state index contributed by atoms with van der Waals surface area (Å²) in [7, 11) is 0. The third-order valence-corrected chi connectivity index (χ3v) is 4.12. The molecule has 28 heavy (non-hydrogen) atoms. The Balaban J connectivity index is 1.79. The Bertz CT molecular complexity index is 776. The molecule has 0 bridgehead atoms. The van der Waals surface area contributed by atoms with E-state index in [4.69, 9.17) is 4.74 Å². The summed E-state index contributed by atoms with van der Waals surface area (Å²) in [4.78, 5) is 36.5. The van der Waals surface area contributed by atoms with Crippen LogP contribution < -0.4 is 10.6 Å². The maximum absolute atomic E-state index is 12.4. The Morgan fingerprint density at radius 2 is 1.46 bits per heavy atom. The Morgan fingerprint density at radius 3 is 2.04 bits per heavy atom. The number of esters is 1. The summed E-state index contributed by atoms with van der Waals surface area (Å²) >= 11 is 0. The second-order valence-electron chi connectivity index (χ2n) is 6.82. The highest BCUT2D eigenvalue weighted by Gasteiger charge is 2.24. The molecule has 2 aromatic carbocycles. The van der Waals surface area contributed by atoms with E-state index in [9.17, 15) is 14.4 Å². The van der Waals surface area contributed by atoms with Crippen LogP contribution in [-0.2, 0) is 32.1 Å². The van der Waals surface area contributed by atoms with Crippen LogP contribution in [0, 0.1) is 5.92 Å². The second kappa shape index (κ2) is 10.9. The van der Waals surface area contributed by atoms with E-state index in [1.54, 1.807) is 0 Å². The molecule has 0 aliphatic carbocycles. The molecule has 0 aliphatic heterocycles. The van der Waals surface area contributed by atoms with Crippen molar-refractivity contribution in [1.82, 2.24) is 10.6 Å². The van der Waals surface area contributed by atoms with Crippen LogP contribution in [0.4, 0.5) is 0 Å². The SMILES string of the molecule is CC(C)[C@H](NC(=O)Cc1ccccc1)C(=O)NCC(=O)OCc1ccccc1. The van der Waals surface area contributed by atoms with Gasteiger partial charge in [0.15, 0.2) is 0 Å². The lowest BCUT2D eigenvalue weighted by atomic mass is 10.0. The van der Waals surface area contributed by atoms with Gasteiger partial charge in [-0.05, 0) is 17.0 Å². The molecule has 148 valence electrons. The molecular weight excluding hydrogens is 356 g/mol. The molecule has 0 aliphatic rings. The van der Waals surface area contributed by atoms with Gasteiger partial charge in [-0.15, -0.1) is 0 Å². The van der Waals surface area contributed by atoms with Gasteiger partial charge in [-0.25, -0.2) is 0 Å². The molecule has 0 spiro atoms. The third kappa shape index (κ3) is 7.23. The molecule has 0 saturated heterocycles. The molecule has 6 heteroatoms. The number of carbonyl (C=O) groups excluding carboxylic acids is 3. The minimum absolute atomic E-state index is 0.125. The molecule has 2 amide bonds. The van der Waals surface area contributed by atoms with Gasteiger partial charge in [-0.1, -0.05) is 74.5 Å². The lowest BCUT2D eigenvalue weighted by Crippen LogP contribution is -2.51. The smallest absolute Gasteiger partial charge is 0.325 e. The number of benzene rings is 2. The van der Waals surface area contributed by atoms with Gasteiger partial charge in [-0.3, -0.25) is 14.4 Å². The normalized spacial score (nSPS) is 11.5. The Hall–Kier alpha value is -3.15. The van der Waals surface area contributed by atoms with Crippen molar-refractivity contribution in [2.75, 3.05) is 6.54 Å². The Kier molecular flexibility index (Phi) is 8.21. The first-order valence-electron chi connectivity index (χ1n) is 9.26. The van der Waals surface area contributed by atoms with Gasteiger partial charge in [0.25, 0.3) is 0 Å². The standard InChI is InChI=1S/C22H26N2O4/c1-16(2)21(24-19(25)13-17-9-5-3-6-10-17)22(27)23-14-20(26)28-15-18-11-7-4-8-12-18/h3-12,16,21H,13-15H2,1-2H3,(H,23,27)(H,24,25)/t21-/m0/s1. The number of nitrogens with one attached hydrogen (secondary N) is 2. The summed E-state index contributed by atoms with van der Waals surface area (Å²) in [5.41, 5.74) is 1.74. The number of hydrogen-bond acceptors (Lipinski definition) is 4. The number of hydrogen-bond donors (Lipinski definition) is 2. The fraction of sp³-hybridized carbons (Fsp3) is 0.318. The summed E-state index contributed by atoms with van der Waals surface area (Å²) < 4.78 is 5.14. The summed E-state index contributed by atoms with van der Waals surface area (Å²) in [6, 6.07) is 17.9. The van der Waals surface area contributed by atoms with Crippen LogP contribution in [-0.4, -0.2) is 30.4 Å². The van der Waals surface area contributed by atoms with E-state index in [0.29, 0.717) is 0 Å². The maximum Gasteiger partial charge on any atom is 0.325 e. The van der Waals surface area contributed by atoms with Gasteiger partial charge < -0.3 is 15.4 Å². The predicted octanol–water partition coefficient (Wildman–Crippen LogP) is 2.23. The van der Waals surface area contributed by atoms with Crippen molar-refractivity contribution < 1.29 is 19.1 Å². The zero-order chi connectivity index (χ0) is 20.4. The molecular formula is C22H26N2O4. The minimum atomic E-state index is -0.724. The lowest BCUT2D eigenvalue weighted by Gasteiger charge is -2.21. The van der Waals surface area contributed by atoms with E-state index >= 15 is 0 Å². The summed E-state index contributed by atoms with van der Waals surface area (Å²) in [6.45, 7) is 3.57. The molecule has 0 unspecified atom stereocenters. The van der Waals surface area contributed by atoms with E-state index in [2.05, 4.69) is 10.6 Å². The largest absolute Gasteiger partial charge is 0.460 e. The van der Waals surface area contributed by atoms with Crippen LogP contribution in [0.5, 0.6) is 0 Å². The van der Waals surface area contributed by atoms with Crippen LogP contribution in [0.1, 0.15) is 25.0 Å². The number of amides is 2. The van der Waals surface area contributed by atoms with Crippen molar-refractivity contribution in [3.8, 4) is 0 Å². The van der Waals surface area contributed by atoms with Gasteiger partial charge in [0.2, 0.25) is 11.8 Å². The number of rotatable bonds is 9. The highest BCUT2D eigenvalue weighted by atomic mass is 16.5. The molecule has 2 aromatic rings. The molecule has 2 N–H and O–H groups in total. The molecule has 0 aromatic heterocycles. The number of ether oxygens (including phenoxy) is 1. The van der Waals surface area contributed by atoms with Crippen LogP contribution >= 0.6 is 0 Å². The van der Waals surface area contributed by atoms with Crippen LogP contribution in [0.15, 0.2) is 60.7 Å². The fourth-order valence-corrected chi connectivity index (χ4v) is 2.60. The van der Waals surface area contributed by atoms with Gasteiger partial charge >= 0.3 is 5.97 Å². The van der Waals surface area contributed by atoms with Gasteiger partial charge in [-0.2, -0.15) is 0 Å². The second-order valence-corrected chi connectivity index (χ2v) is 6.82. The summed E-state index contributed by atoms with van der Waals surface area (Å²) in [5.74, 6) is -1.31. The van der Waals surface area contributed by atoms with E-state index in [-0.39, 0.29) is 31.4 Å². The summed E-state index contributed by atoms with van der Waals surface area (Å²) in [6.07, 6.45) is 0.191. The highest BCUT2D eigenvalue weighted by molar-refractivity contribution is 5.90. The lowest BCUT2D eigenvalue weighted by molar-refractivity contribution is -0.145. The molecule has 0 fully saturated rings. The zero-order valence-electron chi connectivity index (χ0n) is 16.2. The minimum Gasteiger partial charge on any atom is -0.460 e. The maximum atomic E-state index is 12.4. The van der Waals surface area contributed by atoms with Gasteiger partial charge in [0.05, 0.1) is 6.42 Å². The van der Waals surface area contributed by atoms with E-state index in [1.165, 1.54) is 0 Å². The average Bonchev–Trinajstić information content (AvgIpc) is 2.70. The van der Waals surface area contributed by atoms with Crippen molar-refractivity contribution >= 4 is 17.8 Å². The molecule has 0 radical (unpaired) electrons. The van der Waals surface area contributed by atoms with E-state index < -0.39 is 17.9 Å². The predicted molar refractivity (Wildman–Crippen MR) is 106 cm³/mol. The Morgan fingerprint density at radius 1 is 0.893 bits per heavy atom. The zero-order valence-corrected chi connectivity index (χ0v) is 16.2. The molecule has 6 nitrogen and oxygen atoms in total. The van der Waals surface area contributed by atoms with Crippen molar-refractivity contribution in [3.05, 3.63) is 71.8 Å². The van der Waals surface area contributed by atoms with E-state index in [0.717, 1.165) is 11.1 Å². The summed E-state index contributed by atoms with van der Waals surface area (Å²) in [5, 5.41) is 5.28. The fourth-order valence-electron chi connectivity index (χ4n) is 2.60. The Labute approximate surface area is 165 Å². The third-order valence-electron chi connectivity index (χ3n) is 4.12. The first kappa shape index (κ1) is 21.2. The van der Waals surface area contributed by atoms with Crippen molar-refractivity contribution in [2.24, 2.45) is 5.92 Å². The quantitative estimate of drug-likeness (QED) is 0.652. The first-order valence-corrected chi connectivity index (χ1v) is 9.26. The van der Waals surface area contributed by atoms with Crippen LogP contribution in [0.3, 0.4) is 0 Å².